The zero-order valence-electron chi connectivity index (χ0n) is 13.9. The Labute approximate surface area is 142 Å². The zero-order valence-corrected chi connectivity index (χ0v) is 13.9. The second-order valence-electron chi connectivity index (χ2n) is 5.64. The molecule has 2 aromatic carbocycles. The van der Waals surface area contributed by atoms with E-state index in [-0.39, 0.29) is 25.0 Å². The van der Waals surface area contributed by atoms with Crippen molar-refractivity contribution in [3.8, 4) is 0 Å². The Bertz CT molecular complexity index is 640. The van der Waals surface area contributed by atoms with Crippen LogP contribution < -0.4 is 5.32 Å². The van der Waals surface area contributed by atoms with E-state index in [9.17, 15) is 9.59 Å². The lowest BCUT2D eigenvalue weighted by atomic mass is 10.0. The number of hydrogen-bond donors (Lipinski definition) is 1. The van der Waals surface area contributed by atoms with Gasteiger partial charge < -0.3 is 10.1 Å². The van der Waals surface area contributed by atoms with Crippen molar-refractivity contribution >= 4 is 11.9 Å². The third-order valence-corrected chi connectivity index (χ3v) is 3.67. The quantitative estimate of drug-likeness (QED) is 0.757. The summed E-state index contributed by atoms with van der Waals surface area (Å²) in [5.74, 6) is -0.679. The van der Waals surface area contributed by atoms with Gasteiger partial charge in [0.15, 0.2) is 6.61 Å². The highest BCUT2D eigenvalue weighted by atomic mass is 16.5. The van der Waals surface area contributed by atoms with Crippen LogP contribution in [-0.4, -0.2) is 18.5 Å². The van der Waals surface area contributed by atoms with Crippen LogP contribution in [0.5, 0.6) is 0 Å². The van der Waals surface area contributed by atoms with Gasteiger partial charge in [-0.25, -0.2) is 0 Å². The van der Waals surface area contributed by atoms with Crippen LogP contribution in [0, 0.1) is 0 Å². The number of carbonyl (C=O) groups excluding carboxylic acids is 2. The Morgan fingerprint density at radius 3 is 2.25 bits per heavy atom. The van der Waals surface area contributed by atoms with E-state index >= 15 is 0 Å². The normalized spacial score (nSPS) is 11.5. The third kappa shape index (κ3) is 5.88. The van der Waals surface area contributed by atoms with E-state index in [1.165, 1.54) is 0 Å². The molecule has 0 saturated carbocycles. The van der Waals surface area contributed by atoms with Crippen molar-refractivity contribution in [3.63, 3.8) is 0 Å². The number of amides is 1. The Morgan fingerprint density at radius 2 is 1.62 bits per heavy atom. The molecule has 0 heterocycles. The van der Waals surface area contributed by atoms with Crippen molar-refractivity contribution in [2.24, 2.45) is 0 Å². The van der Waals surface area contributed by atoms with Crippen LogP contribution in [0.25, 0.3) is 0 Å². The minimum absolute atomic E-state index is 0.0588. The van der Waals surface area contributed by atoms with Crippen molar-refractivity contribution in [1.82, 2.24) is 5.32 Å². The highest BCUT2D eigenvalue weighted by Gasteiger charge is 2.15. The summed E-state index contributed by atoms with van der Waals surface area (Å²) in [4.78, 5) is 23.9. The molecule has 24 heavy (non-hydrogen) atoms. The fraction of sp³-hybridized carbons (Fsp3) is 0.300. The average molecular weight is 325 g/mol. The maximum Gasteiger partial charge on any atom is 0.310 e. The molecule has 2 rings (SSSR count). The average Bonchev–Trinajstić information content (AvgIpc) is 2.61. The summed E-state index contributed by atoms with van der Waals surface area (Å²) < 4.78 is 5.07. The molecule has 0 bridgehead atoms. The van der Waals surface area contributed by atoms with Crippen LogP contribution in [0.15, 0.2) is 60.7 Å². The van der Waals surface area contributed by atoms with Gasteiger partial charge in [-0.15, -0.1) is 0 Å². The molecular weight excluding hydrogens is 302 g/mol. The molecule has 4 heteroatoms. The molecule has 0 saturated heterocycles. The van der Waals surface area contributed by atoms with E-state index in [1.807, 2.05) is 60.7 Å². The van der Waals surface area contributed by atoms with Gasteiger partial charge in [-0.05, 0) is 17.5 Å². The maximum absolute atomic E-state index is 12.1. The standard InChI is InChI=1S/C20H23NO3/c1-2-9-18(17-12-7-4-8-13-17)21-19(22)15-24-20(23)14-16-10-5-3-6-11-16/h3-8,10-13,18H,2,9,14-15H2,1H3,(H,21,22). The molecule has 4 nitrogen and oxygen atoms in total. The Hall–Kier alpha value is -2.62. The van der Waals surface area contributed by atoms with Crippen LogP contribution in [-0.2, 0) is 20.7 Å². The van der Waals surface area contributed by atoms with Crippen LogP contribution in [0.1, 0.15) is 36.9 Å². The smallest absolute Gasteiger partial charge is 0.310 e. The molecule has 1 N–H and O–H groups in total. The first-order valence-corrected chi connectivity index (χ1v) is 8.23. The molecule has 1 atom stereocenters. The first kappa shape index (κ1) is 17.7. The molecule has 0 spiro atoms. The number of ether oxygens (including phenoxy) is 1. The Morgan fingerprint density at radius 1 is 1.00 bits per heavy atom. The van der Waals surface area contributed by atoms with Crippen LogP contribution >= 0.6 is 0 Å². The van der Waals surface area contributed by atoms with E-state index in [4.69, 9.17) is 4.74 Å². The summed E-state index contributed by atoms with van der Waals surface area (Å²) in [5.41, 5.74) is 1.93. The van der Waals surface area contributed by atoms with Crippen LogP contribution in [0.3, 0.4) is 0 Å². The van der Waals surface area contributed by atoms with Gasteiger partial charge in [0.05, 0.1) is 12.5 Å². The fourth-order valence-corrected chi connectivity index (χ4v) is 2.49. The highest BCUT2D eigenvalue weighted by molar-refractivity contribution is 5.81. The summed E-state index contributed by atoms with van der Waals surface area (Å²) in [5, 5.41) is 2.94. The zero-order chi connectivity index (χ0) is 17.2. The van der Waals surface area contributed by atoms with Gasteiger partial charge in [0.1, 0.15) is 0 Å². The summed E-state index contributed by atoms with van der Waals surface area (Å²) in [6.07, 6.45) is 1.96. The second-order valence-corrected chi connectivity index (χ2v) is 5.64. The predicted molar refractivity (Wildman–Crippen MR) is 93.3 cm³/mol. The predicted octanol–water partition coefficient (Wildman–Crippen LogP) is 3.43. The summed E-state index contributed by atoms with van der Waals surface area (Å²) in [6.45, 7) is 1.82. The van der Waals surface area contributed by atoms with E-state index in [1.54, 1.807) is 0 Å². The Kier molecular flexibility index (Phi) is 7.02. The highest BCUT2D eigenvalue weighted by Crippen LogP contribution is 2.17. The molecule has 126 valence electrons. The first-order valence-electron chi connectivity index (χ1n) is 8.23. The number of benzene rings is 2. The van der Waals surface area contributed by atoms with Crippen LogP contribution in [0.2, 0.25) is 0 Å². The maximum atomic E-state index is 12.1. The third-order valence-electron chi connectivity index (χ3n) is 3.67. The van der Waals surface area contributed by atoms with Crippen LogP contribution in [0.4, 0.5) is 0 Å². The molecular formula is C20H23NO3. The summed E-state index contributed by atoms with van der Waals surface area (Å²) >= 11 is 0. The lowest BCUT2D eigenvalue weighted by molar-refractivity contribution is -0.148. The molecule has 2 aromatic rings. The molecule has 0 fully saturated rings. The molecule has 0 aliphatic heterocycles. The van der Waals surface area contributed by atoms with E-state index in [0.29, 0.717) is 0 Å². The van der Waals surface area contributed by atoms with Crippen molar-refractivity contribution < 1.29 is 14.3 Å². The van der Waals surface area contributed by atoms with Crippen molar-refractivity contribution in [2.75, 3.05) is 6.61 Å². The molecule has 0 aliphatic carbocycles. The number of hydrogen-bond acceptors (Lipinski definition) is 3. The van der Waals surface area contributed by atoms with Gasteiger partial charge in [-0.1, -0.05) is 74.0 Å². The van der Waals surface area contributed by atoms with E-state index in [0.717, 1.165) is 24.0 Å². The van der Waals surface area contributed by atoms with Gasteiger partial charge in [0.25, 0.3) is 5.91 Å². The summed E-state index contributed by atoms with van der Waals surface area (Å²) in [7, 11) is 0. The van der Waals surface area contributed by atoms with Gasteiger partial charge in [-0.2, -0.15) is 0 Å². The van der Waals surface area contributed by atoms with Gasteiger partial charge in [0, 0.05) is 0 Å². The molecule has 1 amide bonds. The van der Waals surface area contributed by atoms with Crippen molar-refractivity contribution in [1.29, 1.82) is 0 Å². The monoisotopic (exact) mass is 325 g/mol. The lowest BCUT2D eigenvalue weighted by Gasteiger charge is -2.18. The topological polar surface area (TPSA) is 55.4 Å². The molecule has 1 unspecified atom stereocenters. The van der Waals surface area contributed by atoms with Gasteiger partial charge >= 0.3 is 5.97 Å². The lowest BCUT2D eigenvalue weighted by Crippen LogP contribution is -2.32. The SMILES string of the molecule is CCCC(NC(=O)COC(=O)Cc1ccccc1)c1ccccc1. The van der Waals surface area contributed by atoms with Gasteiger partial charge in [0.2, 0.25) is 0 Å². The number of carbonyl (C=O) groups is 2. The summed E-state index contributed by atoms with van der Waals surface area (Å²) in [6, 6.07) is 19.1. The first-order chi connectivity index (χ1) is 11.7. The second kappa shape index (κ2) is 9.50. The molecule has 0 aromatic heterocycles. The Balaban J connectivity index is 1.81. The minimum atomic E-state index is -0.400. The molecule has 0 radical (unpaired) electrons. The largest absolute Gasteiger partial charge is 0.455 e. The molecule has 0 aliphatic rings. The number of esters is 1. The fourth-order valence-electron chi connectivity index (χ4n) is 2.49. The van der Waals surface area contributed by atoms with E-state index < -0.39 is 5.97 Å². The number of nitrogens with one attached hydrogen (secondary N) is 1. The van der Waals surface area contributed by atoms with Crippen molar-refractivity contribution in [2.45, 2.75) is 32.2 Å². The number of rotatable bonds is 8. The van der Waals surface area contributed by atoms with Crippen molar-refractivity contribution in [3.05, 3.63) is 71.8 Å². The minimum Gasteiger partial charge on any atom is -0.455 e. The van der Waals surface area contributed by atoms with Gasteiger partial charge in [-0.3, -0.25) is 9.59 Å². The van der Waals surface area contributed by atoms with E-state index in [2.05, 4.69) is 12.2 Å².